The molecule has 6 nitrogen and oxygen atoms in total. The van der Waals surface area contributed by atoms with E-state index in [2.05, 4.69) is 0 Å². The molecule has 2 aromatic rings. The molecule has 4 rings (SSSR count). The first-order valence-electron chi connectivity index (χ1n) is 9.56. The number of hydrogen-bond acceptors (Lipinski definition) is 4. The molecule has 6 heteroatoms. The van der Waals surface area contributed by atoms with E-state index in [9.17, 15) is 14.4 Å². The molecule has 2 aliphatic heterocycles. The molecule has 0 aromatic heterocycles. The van der Waals surface area contributed by atoms with Crippen LogP contribution in [0.1, 0.15) is 56.8 Å². The van der Waals surface area contributed by atoms with Gasteiger partial charge in [-0.3, -0.25) is 14.4 Å². The van der Waals surface area contributed by atoms with Crippen molar-refractivity contribution in [2.24, 2.45) is 0 Å². The summed E-state index contributed by atoms with van der Waals surface area (Å²) in [6.07, 6.45) is 4.27. The number of likely N-dealkylation sites (tertiary alicyclic amines) is 1. The number of fused-ring (bicyclic) bond motifs is 1. The predicted octanol–water partition coefficient (Wildman–Crippen LogP) is 3.51. The zero-order chi connectivity index (χ0) is 19.7. The highest BCUT2D eigenvalue weighted by Gasteiger charge is 2.37. The minimum absolute atomic E-state index is 0.0761. The van der Waals surface area contributed by atoms with Crippen molar-refractivity contribution in [1.82, 2.24) is 4.90 Å². The Bertz CT molecular complexity index is 928. The maximum Gasteiger partial charge on any atom is 0.266 e. The van der Waals surface area contributed by atoms with Crippen LogP contribution in [-0.4, -0.2) is 42.8 Å². The number of carbonyl (C=O) groups excluding carboxylic acids is 3. The topological polar surface area (TPSA) is 66.9 Å². The smallest absolute Gasteiger partial charge is 0.266 e. The minimum Gasteiger partial charge on any atom is -0.497 e. The van der Waals surface area contributed by atoms with E-state index in [1.165, 1.54) is 0 Å². The Morgan fingerprint density at radius 2 is 1.50 bits per heavy atom. The Hall–Kier alpha value is -3.15. The molecular formula is C22H22N2O4. The van der Waals surface area contributed by atoms with Gasteiger partial charge in [-0.05, 0) is 55.3 Å². The number of ether oxygens (including phenoxy) is 1. The lowest BCUT2D eigenvalue weighted by molar-refractivity contribution is 0.0761. The number of methoxy groups -OCH3 is 1. The van der Waals surface area contributed by atoms with Gasteiger partial charge >= 0.3 is 0 Å². The quantitative estimate of drug-likeness (QED) is 0.767. The number of benzene rings is 2. The third kappa shape index (κ3) is 3.15. The third-order valence-electron chi connectivity index (χ3n) is 5.36. The molecular weight excluding hydrogens is 356 g/mol. The van der Waals surface area contributed by atoms with Crippen LogP contribution in [-0.2, 0) is 0 Å². The normalized spacial score (nSPS) is 16.8. The first-order valence-corrected chi connectivity index (χ1v) is 9.56. The second-order valence-electron chi connectivity index (χ2n) is 7.11. The summed E-state index contributed by atoms with van der Waals surface area (Å²) >= 11 is 0. The molecule has 3 amide bonds. The SMILES string of the molecule is COc1ccc(N2C(=O)c3ccc(C(=O)N4CCCCCC4)cc3C2=O)cc1. The van der Waals surface area contributed by atoms with Crippen LogP contribution in [0.5, 0.6) is 5.75 Å². The third-order valence-corrected chi connectivity index (χ3v) is 5.36. The van der Waals surface area contributed by atoms with Crippen LogP contribution in [0.15, 0.2) is 42.5 Å². The van der Waals surface area contributed by atoms with Crippen molar-refractivity contribution in [2.45, 2.75) is 25.7 Å². The standard InChI is InChI=1S/C22H22N2O4/c1-28-17-9-7-16(8-10-17)24-21(26)18-11-6-15(14-19(18)22(24)27)20(25)23-12-4-2-3-5-13-23/h6-11,14H,2-5,12-13H2,1H3. The van der Waals surface area contributed by atoms with E-state index in [0.717, 1.165) is 43.7 Å². The Balaban J connectivity index is 1.62. The molecule has 1 saturated heterocycles. The van der Waals surface area contributed by atoms with Gasteiger partial charge in [0.15, 0.2) is 0 Å². The van der Waals surface area contributed by atoms with E-state index < -0.39 is 5.91 Å². The van der Waals surface area contributed by atoms with Gasteiger partial charge < -0.3 is 9.64 Å². The van der Waals surface area contributed by atoms with Gasteiger partial charge in [0.05, 0.1) is 23.9 Å². The van der Waals surface area contributed by atoms with Crippen molar-refractivity contribution < 1.29 is 19.1 Å². The summed E-state index contributed by atoms with van der Waals surface area (Å²) in [6, 6.07) is 11.5. The highest BCUT2D eigenvalue weighted by Crippen LogP contribution is 2.30. The number of anilines is 1. The molecule has 0 bridgehead atoms. The molecule has 0 atom stereocenters. The molecule has 0 spiro atoms. The van der Waals surface area contributed by atoms with Gasteiger partial charge in [-0.2, -0.15) is 0 Å². The number of hydrogen-bond donors (Lipinski definition) is 0. The van der Waals surface area contributed by atoms with Gasteiger partial charge in [-0.1, -0.05) is 12.8 Å². The van der Waals surface area contributed by atoms with Crippen LogP contribution in [0.25, 0.3) is 0 Å². The molecule has 144 valence electrons. The fourth-order valence-corrected chi connectivity index (χ4v) is 3.80. The van der Waals surface area contributed by atoms with Gasteiger partial charge in [-0.15, -0.1) is 0 Å². The molecule has 1 fully saturated rings. The Morgan fingerprint density at radius 3 is 2.14 bits per heavy atom. The van der Waals surface area contributed by atoms with E-state index in [-0.39, 0.29) is 17.4 Å². The largest absolute Gasteiger partial charge is 0.497 e. The van der Waals surface area contributed by atoms with Crippen LogP contribution in [0.3, 0.4) is 0 Å². The number of imide groups is 1. The van der Waals surface area contributed by atoms with E-state index in [1.807, 2.05) is 4.90 Å². The van der Waals surface area contributed by atoms with Gasteiger partial charge in [0.1, 0.15) is 5.75 Å². The first-order chi connectivity index (χ1) is 13.6. The van der Waals surface area contributed by atoms with Crippen molar-refractivity contribution in [3.05, 3.63) is 59.2 Å². The van der Waals surface area contributed by atoms with Crippen molar-refractivity contribution in [3.8, 4) is 5.75 Å². The summed E-state index contributed by atoms with van der Waals surface area (Å²) in [5.74, 6) is -0.215. The van der Waals surface area contributed by atoms with Gasteiger partial charge in [0, 0.05) is 18.7 Å². The maximum atomic E-state index is 12.9. The van der Waals surface area contributed by atoms with Crippen LogP contribution in [0.4, 0.5) is 5.69 Å². The van der Waals surface area contributed by atoms with E-state index >= 15 is 0 Å². The van der Waals surface area contributed by atoms with Crippen LogP contribution in [0.2, 0.25) is 0 Å². The van der Waals surface area contributed by atoms with Gasteiger partial charge in [-0.25, -0.2) is 4.90 Å². The molecule has 28 heavy (non-hydrogen) atoms. The Morgan fingerprint density at radius 1 is 0.857 bits per heavy atom. The highest BCUT2D eigenvalue weighted by atomic mass is 16.5. The summed E-state index contributed by atoms with van der Waals surface area (Å²) in [6.45, 7) is 1.47. The summed E-state index contributed by atoms with van der Waals surface area (Å²) < 4.78 is 5.13. The average Bonchev–Trinajstić information content (AvgIpc) is 2.91. The van der Waals surface area contributed by atoms with Crippen LogP contribution < -0.4 is 9.64 Å². The van der Waals surface area contributed by atoms with E-state index in [0.29, 0.717) is 22.6 Å². The lowest BCUT2D eigenvalue weighted by Crippen LogP contribution is -2.32. The van der Waals surface area contributed by atoms with Crippen LogP contribution >= 0.6 is 0 Å². The minimum atomic E-state index is -0.407. The summed E-state index contributed by atoms with van der Waals surface area (Å²) in [5.41, 5.74) is 1.54. The number of amides is 3. The molecule has 0 saturated carbocycles. The fraction of sp³-hybridized carbons (Fsp3) is 0.318. The Labute approximate surface area is 163 Å². The first kappa shape index (κ1) is 18.2. The van der Waals surface area contributed by atoms with Crippen molar-refractivity contribution >= 4 is 23.4 Å². The number of rotatable bonds is 3. The summed E-state index contributed by atoms with van der Waals surface area (Å²) in [5, 5.41) is 0. The van der Waals surface area contributed by atoms with Crippen molar-refractivity contribution in [2.75, 3.05) is 25.1 Å². The zero-order valence-electron chi connectivity index (χ0n) is 15.8. The zero-order valence-corrected chi connectivity index (χ0v) is 15.8. The predicted molar refractivity (Wildman–Crippen MR) is 105 cm³/mol. The molecule has 2 aliphatic rings. The fourth-order valence-electron chi connectivity index (χ4n) is 3.80. The molecule has 0 unspecified atom stereocenters. The number of carbonyl (C=O) groups is 3. The van der Waals surface area contributed by atoms with Crippen LogP contribution in [0, 0.1) is 0 Å². The second kappa shape index (κ2) is 7.46. The highest BCUT2D eigenvalue weighted by molar-refractivity contribution is 6.34. The summed E-state index contributed by atoms with van der Waals surface area (Å²) in [4.78, 5) is 41.5. The Kier molecular flexibility index (Phi) is 4.86. The molecule has 0 radical (unpaired) electrons. The van der Waals surface area contributed by atoms with E-state index in [4.69, 9.17) is 4.74 Å². The summed E-state index contributed by atoms with van der Waals surface area (Å²) in [7, 11) is 1.56. The lowest BCUT2D eigenvalue weighted by Gasteiger charge is -2.20. The molecule has 2 heterocycles. The van der Waals surface area contributed by atoms with Crippen molar-refractivity contribution in [1.29, 1.82) is 0 Å². The molecule has 0 N–H and O–H groups in total. The van der Waals surface area contributed by atoms with Gasteiger partial charge in [0.2, 0.25) is 0 Å². The number of nitrogens with zero attached hydrogens (tertiary/aromatic N) is 2. The molecule has 2 aromatic carbocycles. The monoisotopic (exact) mass is 378 g/mol. The van der Waals surface area contributed by atoms with Gasteiger partial charge in [0.25, 0.3) is 17.7 Å². The molecule has 0 aliphatic carbocycles. The second-order valence-corrected chi connectivity index (χ2v) is 7.11. The van der Waals surface area contributed by atoms with E-state index in [1.54, 1.807) is 49.6 Å². The lowest BCUT2D eigenvalue weighted by atomic mass is 10.0. The van der Waals surface area contributed by atoms with Crippen molar-refractivity contribution in [3.63, 3.8) is 0 Å². The maximum absolute atomic E-state index is 12.9. The average molecular weight is 378 g/mol.